The highest BCUT2D eigenvalue weighted by atomic mass is 19.4. The number of hydrogen-bond donors (Lipinski definition) is 0. The summed E-state index contributed by atoms with van der Waals surface area (Å²) in [4.78, 5) is 0. The molecule has 0 aromatic heterocycles. The zero-order valence-electron chi connectivity index (χ0n) is 11.1. The maximum absolute atomic E-state index is 12.1. The molecule has 0 heterocycles. The largest absolute Gasteiger partial charge is 0.573 e. The van der Waals surface area contributed by atoms with Crippen LogP contribution in [0.4, 0.5) is 13.2 Å². The minimum Gasteiger partial charge on any atom is -0.406 e. The maximum Gasteiger partial charge on any atom is 0.573 e. The highest BCUT2D eigenvalue weighted by Crippen LogP contribution is 2.26. The van der Waals surface area contributed by atoms with E-state index >= 15 is 0 Å². The Bertz CT molecular complexity index is 541. The van der Waals surface area contributed by atoms with Gasteiger partial charge in [0.1, 0.15) is 5.75 Å². The molecule has 0 aliphatic heterocycles. The second-order valence-corrected chi connectivity index (χ2v) is 4.52. The Morgan fingerprint density at radius 2 is 1.35 bits per heavy atom. The van der Waals surface area contributed by atoms with Crippen LogP contribution in [0.1, 0.15) is 18.9 Å². The summed E-state index contributed by atoms with van der Waals surface area (Å²) in [7, 11) is 0. The lowest BCUT2D eigenvalue weighted by Crippen LogP contribution is -2.16. The smallest absolute Gasteiger partial charge is 0.406 e. The second kappa shape index (κ2) is 5.99. The van der Waals surface area contributed by atoms with Gasteiger partial charge in [0.05, 0.1) is 0 Å². The molecule has 0 fully saturated rings. The molecule has 2 aromatic carbocycles. The standard InChI is InChI=1S/C16H15F3O/c1-2-3-12-4-6-13(7-5-12)14-8-10-15(11-9-14)20-16(17,18)19/h4-11H,2-3H2,1H3. The summed E-state index contributed by atoms with van der Waals surface area (Å²) in [5, 5.41) is 0. The predicted molar refractivity (Wildman–Crippen MR) is 72.6 cm³/mol. The molecule has 0 N–H and O–H groups in total. The molecule has 20 heavy (non-hydrogen) atoms. The van der Waals surface area contributed by atoms with Crippen LogP contribution in [0.25, 0.3) is 11.1 Å². The van der Waals surface area contributed by atoms with E-state index in [9.17, 15) is 13.2 Å². The van der Waals surface area contributed by atoms with Gasteiger partial charge in [0, 0.05) is 0 Å². The summed E-state index contributed by atoms with van der Waals surface area (Å²) in [6.45, 7) is 2.12. The molecule has 2 aromatic rings. The van der Waals surface area contributed by atoms with E-state index in [0.717, 1.165) is 24.0 Å². The molecule has 4 heteroatoms. The van der Waals surface area contributed by atoms with Crippen LogP contribution >= 0.6 is 0 Å². The number of halogens is 3. The van der Waals surface area contributed by atoms with Crippen molar-refractivity contribution >= 4 is 0 Å². The fourth-order valence-electron chi connectivity index (χ4n) is 2.00. The van der Waals surface area contributed by atoms with Gasteiger partial charge in [-0.15, -0.1) is 13.2 Å². The van der Waals surface area contributed by atoms with Gasteiger partial charge in [0.15, 0.2) is 0 Å². The number of aryl methyl sites for hydroxylation is 1. The van der Waals surface area contributed by atoms with E-state index < -0.39 is 6.36 Å². The molecular weight excluding hydrogens is 265 g/mol. The van der Waals surface area contributed by atoms with E-state index in [0.29, 0.717) is 0 Å². The van der Waals surface area contributed by atoms with Crippen molar-refractivity contribution in [2.75, 3.05) is 0 Å². The van der Waals surface area contributed by atoms with Crippen LogP contribution in [-0.2, 0) is 6.42 Å². The minimum absolute atomic E-state index is 0.205. The van der Waals surface area contributed by atoms with E-state index in [4.69, 9.17) is 0 Å². The summed E-state index contributed by atoms with van der Waals surface area (Å²) < 4.78 is 40.0. The highest BCUT2D eigenvalue weighted by molar-refractivity contribution is 5.64. The van der Waals surface area contributed by atoms with E-state index in [1.165, 1.54) is 17.7 Å². The fourth-order valence-corrected chi connectivity index (χ4v) is 2.00. The number of rotatable bonds is 4. The van der Waals surface area contributed by atoms with Crippen LogP contribution in [-0.4, -0.2) is 6.36 Å². The molecular formula is C16H15F3O. The van der Waals surface area contributed by atoms with Gasteiger partial charge < -0.3 is 4.74 Å². The zero-order chi connectivity index (χ0) is 14.6. The maximum atomic E-state index is 12.1. The van der Waals surface area contributed by atoms with Gasteiger partial charge in [-0.3, -0.25) is 0 Å². The molecule has 0 bridgehead atoms. The fraction of sp³-hybridized carbons (Fsp3) is 0.250. The molecule has 0 saturated carbocycles. The number of benzene rings is 2. The third-order valence-electron chi connectivity index (χ3n) is 2.91. The SMILES string of the molecule is CCCc1ccc(-c2ccc(OC(F)(F)F)cc2)cc1. The van der Waals surface area contributed by atoms with Gasteiger partial charge in [0.2, 0.25) is 0 Å². The first-order chi connectivity index (χ1) is 9.48. The molecule has 1 nitrogen and oxygen atoms in total. The number of alkyl halides is 3. The van der Waals surface area contributed by atoms with Crippen molar-refractivity contribution < 1.29 is 17.9 Å². The second-order valence-electron chi connectivity index (χ2n) is 4.52. The van der Waals surface area contributed by atoms with Crippen molar-refractivity contribution in [3.63, 3.8) is 0 Å². The van der Waals surface area contributed by atoms with E-state index in [1.807, 2.05) is 24.3 Å². The van der Waals surface area contributed by atoms with Crippen LogP contribution < -0.4 is 4.74 Å². The number of ether oxygens (including phenoxy) is 1. The predicted octanol–water partition coefficient (Wildman–Crippen LogP) is 5.20. The van der Waals surface area contributed by atoms with Crippen molar-refractivity contribution in [3.8, 4) is 16.9 Å². The van der Waals surface area contributed by atoms with Gasteiger partial charge in [-0.25, -0.2) is 0 Å². The lowest BCUT2D eigenvalue weighted by Gasteiger charge is -2.09. The normalized spacial score (nSPS) is 11.4. The first kappa shape index (κ1) is 14.4. The summed E-state index contributed by atoms with van der Waals surface area (Å²) in [5.74, 6) is -0.205. The monoisotopic (exact) mass is 280 g/mol. The third kappa shape index (κ3) is 4.02. The van der Waals surface area contributed by atoms with E-state index in [1.54, 1.807) is 12.1 Å². The molecule has 2 rings (SSSR count). The van der Waals surface area contributed by atoms with Gasteiger partial charge in [0.25, 0.3) is 0 Å². The molecule has 0 radical (unpaired) electrons. The number of hydrogen-bond acceptors (Lipinski definition) is 1. The topological polar surface area (TPSA) is 9.23 Å². The third-order valence-corrected chi connectivity index (χ3v) is 2.91. The van der Waals surface area contributed by atoms with Crippen LogP contribution in [0.3, 0.4) is 0 Å². The molecule has 0 saturated heterocycles. The van der Waals surface area contributed by atoms with Crippen LogP contribution in [0.15, 0.2) is 48.5 Å². The zero-order valence-corrected chi connectivity index (χ0v) is 11.1. The molecule has 0 amide bonds. The summed E-state index contributed by atoms with van der Waals surface area (Å²) in [6, 6.07) is 13.9. The molecule has 0 spiro atoms. The molecule has 0 atom stereocenters. The van der Waals surface area contributed by atoms with Crippen LogP contribution in [0, 0.1) is 0 Å². The van der Waals surface area contributed by atoms with E-state index in [2.05, 4.69) is 11.7 Å². The minimum atomic E-state index is -4.65. The van der Waals surface area contributed by atoms with Crippen molar-refractivity contribution in [2.45, 2.75) is 26.1 Å². The summed E-state index contributed by atoms with van der Waals surface area (Å²) in [5.41, 5.74) is 3.10. The Labute approximate surface area is 116 Å². The first-order valence-electron chi connectivity index (χ1n) is 6.43. The van der Waals surface area contributed by atoms with Crippen molar-refractivity contribution in [2.24, 2.45) is 0 Å². The lowest BCUT2D eigenvalue weighted by atomic mass is 10.0. The first-order valence-corrected chi connectivity index (χ1v) is 6.43. The van der Waals surface area contributed by atoms with Gasteiger partial charge in [-0.05, 0) is 35.2 Å². The van der Waals surface area contributed by atoms with Crippen LogP contribution in [0.5, 0.6) is 5.75 Å². The van der Waals surface area contributed by atoms with Crippen molar-refractivity contribution in [3.05, 3.63) is 54.1 Å². The van der Waals surface area contributed by atoms with E-state index in [-0.39, 0.29) is 5.75 Å². The van der Waals surface area contributed by atoms with Crippen LogP contribution in [0.2, 0.25) is 0 Å². The molecule has 0 unspecified atom stereocenters. The Balaban J connectivity index is 2.13. The van der Waals surface area contributed by atoms with Crippen molar-refractivity contribution in [1.29, 1.82) is 0 Å². The Morgan fingerprint density at radius 1 is 0.850 bits per heavy atom. The Morgan fingerprint density at radius 3 is 1.80 bits per heavy atom. The molecule has 106 valence electrons. The van der Waals surface area contributed by atoms with Gasteiger partial charge in [-0.2, -0.15) is 0 Å². The Hall–Kier alpha value is -1.97. The summed E-state index contributed by atoms with van der Waals surface area (Å²) in [6.07, 6.45) is -2.54. The molecule has 0 aliphatic rings. The van der Waals surface area contributed by atoms with Gasteiger partial charge >= 0.3 is 6.36 Å². The average molecular weight is 280 g/mol. The highest BCUT2D eigenvalue weighted by Gasteiger charge is 2.30. The van der Waals surface area contributed by atoms with Crippen molar-refractivity contribution in [1.82, 2.24) is 0 Å². The quantitative estimate of drug-likeness (QED) is 0.747. The molecule has 0 aliphatic carbocycles. The lowest BCUT2D eigenvalue weighted by molar-refractivity contribution is -0.274. The Kier molecular flexibility index (Phi) is 4.32. The van der Waals surface area contributed by atoms with Gasteiger partial charge in [-0.1, -0.05) is 49.7 Å². The average Bonchev–Trinajstić information content (AvgIpc) is 2.39. The summed E-state index contributed by atoms with van der Waals surface area (Å²) >= 11 is 0.